The Kier molecular flexibility index (Phi) is 4.67. The second-order valence-corrected chi connectivity index (χ2v) is 7.33. The van der Waals surface area contributed by atoms with Crippen molar-refractivity contribution in [3.8, 4) is 0 Å². The van der Waals surface area contributed by atoms with Gasteiger partial charge >= 0.3 is 0 Å². The fourth-order valence-corrected chi connectivity index (χ4v) is 4.52. The van der Waals surface area contributed by atoms with Crippen molar-refractivity contribution in [1.82, 2.24) is 20.8 Å². The second-order valence-electron chi connectivity index (χ2n) is 5.28. The van der Waals surface area contributed by atoms with Gasteiger partial charge in [0.2, 0.25) is 11.8 Å². The lowest BCUT2D eigenvalue weighted by molar-refractivity contribution is -0.126. The molecule has 1 aliphatic carbocycles. The molecule has 0 saturated carbocycles. The van der Waals surface area contributed by atoms with Gasteiger partial charge in [-0.2, -0.15) is 0 Å². The van der Waals surface area contributed by atoms with Crippen LogP contribution in [0.3, 0.4) is 0 Å². The Balaban J connectivity index is 1.76. The van der Waals surface area contributed by atoms with Crippen LogP contribution in [0, 0.1) is 0 Å². The fraction of sp³-hybridized carbons (Fsp3) is 0.429. The summed E-state index contributed by atoms with van der Waals surface area (Å²) in [4.78, 5) is 43.8. The molecule has 23 heavy (non-hydrogen) atoms. The molecule has 9 heteroatoms. The molecule has 2 aromatic heterocycles. The van der Waals surface area contributed by atoms with Gasteiger partial charge in [-0.25, -0.2) is 4.98 Å². The Morgan fingerprint density at radius 1 is 1.30 bits per heavy atom. The van der Waals surface area contributed by atoms with Gasteiger partial charge in [0, 0.05) is 11.8 Å². The summed E-state index contributed by atoms with van der Waals surface area (Å²) in [5.74, 6) is -0.654. The van der Waals surface area contributed by atoms with E-state index in [9.17, 15) is 14.4 Å². The third-order valence-corrected chi connectivity index (χ3v) is 5.58. The van der Waals surface area contributed by atoms with Gasteiger partial charge in [-0.3, -0.25) is 25.2 Å². The van der Waals surface area contributed by atoms with Crippen LogP contribution in [-0.2, 0) is 22.4 Å². The number of hydrogen-bond acceptors (Lipinski definition) is 6. The van der Waals surface area contributed by atoms with Gasteiger partial charge in [-0.05, 0) is 31.2 Å². The summed E-state index contributed by atoms with van der Waals surface area (Å²) in [6.45, 7) is 1.30. The molecule has 0 aliphatic heterocycles. The first kappa shape index (κ1) is 16.0. The molecule has 2 aromatic rings. The van der Waals surface area contributed by atoms with Crippen molar-refractivity contribution in [2.45, 2.75) is 37.8 Å². The van der Waals surface area contributed by atoms with Gasteiger partial charge in [0.05, 0.1) is 11.1 Å². The highest BCUT2D eigenvalue weighted by Crippen LogP contribution is 2.34. The van der Waals surface area contributed by atoms with E-state index in [0.717, 1.165) is 47.8 Å². The van der Waals surface area contributed by atoms with Crippen LogP contribution in [-0.4, -0.2) is 27.5 Å². The third kappa shape index (κ3) is 3.56. The van der Waals surface area contributed by atoms with Crippen LogP contribution in [0.25, 0.3) is 10.2 Å². The number of aromatic nitrogens is 2. The van der Waals surface area contributed by atoms with E-state index >= 15 is 0 Å². The number of aromatic amines is 1. The summed E-state index contributed by atoms with van der Waals surface area (Å²) in [7, 11) is 0. The zero-order valence-corrected chi connectivity index (χ0v) is 14.2. The van der Waals surface area contributed by atoms with Crippen LogP contribution < -0.4 is 16.4 Å². The van der Waals surface area contributed by atoms with Crippen LogP contribution >= 0.6 is 23.1 Å². The monoisotopic (exact) mass is 352 g/mol. The number of aryl methyl sites for hydroxylation is 2. The Hall–Kier alpha value is -1.87. The van der Waals surface area contributed by atoms with Crippen molar-refractivity contribution in [3.05, 3.63) is 20.8 Å². The maximum absolute atomic E-state index is 12.3. The van der Waals surface area contributed by atoms with E-state index in [0.29, 0.717) is 10.5 Å². The van der Waals surface area contributed by atoms with Crippen LogP contribution in [0.5, 0.6) is 0 Å². The first-order chi connectivity index (χ1) is 11.0. The molecule has 3 rings (SSSR count). The summed E-state index contributed by atoms with van der Waals surface area (Å²) in [5.41, 5.74) is 5.48. The molecule has 0 bridgehead atoms. The molecule has 0 unspecified atom stereocenters. The van der Waals surface area contributed by atoms with E-state index in [2.05, 4.69) is 20.8 Å². The molecule has 0 fully saturated rings. The summed E-state index contributed by atoms with van der Waals surface area (Å²) < 4.78 is 0. The number of H-pyrrole nitrogens is 1. The molecular weight excluding hydrogens is 336 g/mol. The largest absolute Gasteiger partial charge is 0.301 e. The summed E-state index contributed by atoms with van der Waals surface area (Å²) in [5, 5.41) is 1.12. The second kappa shape index (κ2) is 6.71. The van der Waals surface area contributed by atoms with Crippen molar-refractivity contribution in [2.24, 2.45) is 0 Å². The van der Waals surface area contributed by atoms with Crippen molar-refractivity contribution in [1.29, 1.82) is 0 Å². The van der Waals surface area contributed by atoms with Crippen molar-refractivity contribution >= 4 is 45.1 Å². The molecule has 3 N–H and O–H groups in total. The normalized spacial score (nSPS) is 13.6. The number of nitrogens with one attached hydrogen (secondary N) is 3. The van der Waals surface area contributed by atoms with Gasteiger partial charge in [0.15, 0.2) is 5.16 Å². The van der Waals surface area contributed by atoms with Crippen LogP contribution in [0.2, 0.25) is 0 Å². The lowest BCUT2D eigenvalue weighted by atomic mass is 9.97. The molecule has 2 amide bonds. The number of amides is 2. The minimum absolute atomic E-state index is 0.0554. The number of thiophene rings is 1. The van der Waals surface area contributed by atoms with Crippen LogP contribution in [0.4, 0.5) is 0 Å². The van der Waals surface area contributed by atoms with E-state index in [1.807, 2.05) is 0 Å². The Morgan fingerprint density at radius 2 is 2.09 bits per heavy atom. The van der Waals surface area contributed by atoms with Crippen molar-refractivity contribution in [2.75, 3.05) is 5.75 Å². The number of thioether (sulfide) groups is 1. The Bertz CT molecular complexity index is 827. The topological polar surface area (TPSA) is 104 Å². The van der Waals surface area contributed by atoms with Gasteiger partial charge in [-0.15, -0.1) is 11.3 Å². The fourth-order valence-electron chi connectivity index (χ4n) is 2.54. The van der Waals surface area contributed by atoms with E-state index in [1.165, 1.54) is 11.8 Å². The number of carbonyl (C=O) groups is 2. The van der Waals surface area contributed by atoms with Gasteiger partial charge in [-0.1, -0.05) is 11.8 Å². The van der Waals surface area contributed by atoms with Gasteiger partial charge < -0.3 is 4.98 Å². The molecule has 0 saturated heterocycles. The smallest absolute Gasteiger partial charge is 0.260 e. The Labute approximate surface area is 140 Å². The van der Waals surface area contributed by atoms with Crippen molar-refractivity contribution in [3.63, 3.8) is 0 Å². The minimum atomic E-state index is -0.363. The quantitative estimate of drug-likeness (QED) is 0.436. The number of carbonyl (C=O) groups excluding carboxylic acids is 2. The number of hydrazine groups is 1. The highest BCUT2D eigenvalue weighted by Gasteiger charge is 2.20. The predicted octanol–water partition coefficient (Wildman–Crippen LogP) is 1.12. The number of hydrogen-bond donors (Lipinski definition) is 3. The molecular formula is C14H16N4O3S2. The van der Waals surface area contributed by atoms with E-state index in [1.54, 1.807) is 11.3 Å². The molecule has 1 aliphatic rings. The average molecular weight is 352 g/mol. The molecule has 0 aromatic carbocycles. The number of nitrogens with zero attached hydrogens (tertiary/aromatic N) is 1. The van der Waals surface area contributed by atoms with Crippen LogP contribution in [0.15, 0.2) is 9.95 Å². The first-order valence-corrected chi connectivity index (χ1v) is 9.07. The standard InChI is InChI=1S/C14H16N4O3S2/c1-7(19)17-18-10(20)6-22-14-15-12(21)11-8-4-2-3-5-9(8)23-13(11)16-14/h2-6H2,1H3,(H,17,19)(H,18,20)(H,15,16,21). The summed E-state index contributed by atoms with van der Waals surface area (Å²) in [6.07, 6.45) is 4.21. The lowest BCUT2D eigenvalue weighted by Gasteiger charge is -2.09. The van der Waals surface area contributed by atoms with E-state index in [4.69, 9.17) is 0 Å². The molecule has 0 atom stereocenters. The number of fused-ring (bicyclic) bond motifs is 3. The first-order valence-electron chi connectivity index (χ1n) is 7.27. The van der Waals surface area contributed by atoms with Crippen LogP contribution in [0.1, 0.15) is 30.2 Å². The zero-order valence-electron chi connectivity index (χ0n) is 12.5. The van der Waals surface area contributed by atoms with E-state index in [-0.39, 0.29) is 23.1 Å². The molecule has 2 heterocycles. The third-order valence-electron chi connectivity index (χ3n) is 3.52. The van der Waals surface area contributed by atoms with E-state index < -0.39 is 0 Å². The highest BCUT2D eigenvalue weighted by molar-refractivity contribution is 7.99. The molecule has 122 valence electrons. The van der Waals surface area contributed by atoms with Crippen molar-refractivity contribution < 1.29 is 9.59 Å². The maximum Gasteiger partial charge on any atom is 0.260 e. The van der Waals surface area contributed by atoms with Gasteiger partial charge in [0.25, 0.3) is 5.56 Å². The summed E-state index contributed by atoms with van der Waals surface area (Å²) >= 11 is 2.71. The van der Waals surface area contributed by atoms with Gasteiger partial charge in [0.1, 0.15) is 4.83 Å². The lowest BCUT2D eigenvalue weighted by Crippen LogP contribution is -2.41. The summed E-state index contributed by atoms with van der Waals surface area (Å²) in [6, 6.07) is 0. The predicted molar refractivity (Wildman–Crippen MR) is 89.6 cm³/mol. The average Bonchev–Trinajstić information content (AvgIpc) is 2.89. The molecule has 0 spiro atoms. The zero-order chi connectivity index (χ0) is 16.4. The number of rotatable bonds is 3. The minimum Gasteiger partial charge on any atom is -0.301 e. The SMILES string of the molecule is CC(=O)NNC(=O)CSc1nc2sc3c(c2c(=O)[nH]1)CCCC3. The Morgan fingerprint density at radius 3 is 2.87 bits per heavy atom. The molecule has 0 radical (unpaired) electrons. The highest BCUT2D eigenvalue weighted by atomic mass is 32.2. The maximum atomic E-state index is 12.3. The molecule has 7 nitrogen and oxygen atoms in total.